The average Bonchev–Trinajstić information content (AvgIpc) is 2.64. The zero-order valence-electron chi connectivity index (χ0n) is 15.1. The highest BCUT2D eigenvalue weighted by molar-refractivity contribution is 7.89. The summed E-state index contributed by atoms with van der Waals surface area (Å²) in [6.07, 6.45) is 1.28. The Morgan fingerprint density at radius 1 is 1.19 bits per heavy atom. The Kier molecular flexibility index (Phi) is 5.34. The molecule has 0 spiro atoms. The van der Waals surface area contributed by atoms with Crippen molar-refractivity contribution in [2.45, 2.75) is 37.6 Å². The quantitative estimate of drug-likeness (QED) is 0.839. The Morgan fingerprint density at radius 2 is 1.88 bits per heavy atom. The lowest BCUT2D eigenvalue weighted by atomic mass is 9.97. The van der Waals surface area contributed by atoms with E-state index in [9.17, 15) is 18.0 Å². The Bertz CT molecular complexity index is 791. The van der Waals surface area contributed by atoms with Crippen molar-refractivity contribution >= 4 is 21.8 Å². The third-order valence-electron chi connectivity index (χ3n) is 5.17. The molecule has 1 aromatic carbocycles. The number of hydrogen-bond acceptors (Lipinski definition) is 4. The molecule has 1 N–H and O–H groups in total. The first kappa shape index (κ1) is 18.8. The molecule has 1 aromatic rings. The summed E-state index contributed by atoms with van der Waals surface area (Å²) in [5.41, 5.74) is 0.994. The van der Waals surface area contributed by atoms with E-state index in [0.717, 1.165) is 5.56 Å². The van der Waals surface area contributed by atoms with Crippen LogP contribution in [0.2, 0.25) is 0 Å². The number of hydrogen-bond donors (Lipinski definition) is 1. The lowest BCUT2D eigenvalue weighted by Gasteiger charge is -2.38. The van der Waals surface area contributed by atoms with Crippen LogP contribution < -0.4 is 5.32 Å². The van der Waals surface area contributed by atoms with Gasteiger partial charge in [0.15, 0.2) is 0 Å². The molecule has 7 nitrogen and oxygen atoms in total. The second-order valence-corrected chi connectivity index (χ2v) is 8.95. The lowest BCUT2D eigenvalue weighted by molar-refractivity contribution is -0.146. The van der Waals surface area contributed by atoms with Crippen LogP contribution in [-0.2, 0) is 19.6 Å². The summed E-state index contributed by atoms with van der Waals surface area (Å²) in [7, 11) is -3.62. The molecule has 26 heavy (non-hydrogen) atoms. The van der Waals surface area contributed by atoms with Crippen LogP contribution in [0.3, 0.4) is 0 Å². The predicted octanol–water partition coefficient (Wildman–Crippen LogP) is 0.743. The topological polar surface area (TPSA) is 86.8 Å². The Morgan fingerprint density at radius 3 is 2.58 bits per heavy atom. The zero-order valence-corrected chi connectivity index (χ0v) is 16.0. The minimum absolute atomic E-state index is 0.129. The van der Waals surface area contributed by atoms with Crippen molar-refractivity contribution in [1.29, 1.82) is 0 Å². The molecular weight excluding hydrogens is 354 g/mol. The van der Waals surface area contributed by atoms with Gasteiger partial charge >= 0.3 is 0 Å². The molecule has 0 aromatic heterocycles. The highest BCUT2D eigenvalue weighted by Gasteiger charge is 2.38. The number of nitrogens with one attached hydrogen (secondary N) is 1. The average molecular weight is 379 g/mol. The molecule has 0 saturated carbocycles. The molecule has 3 rings (SSSR count). The van der Waals surface area contributed by atoms with Gasteiger partial charge in [-0.05, 0) is 38.8 Å². The first-order chi connectivity index (χ1) is 12.3. The van der Waals surface area contributed by atoms with E-state index < -0.39 is 22.0 Å². The third-order valence-corrected chi connectivity index (χ3v) is 7.05. The van der Waals surface area contributed by atoms with Crippen molar-refractivity contribution in [1.82, 2.24) is 14.5 Å². The van der Waals surface area contributed by atoms with E-state index >= 15 is 0 Å². The van der Waals surface area contributed by atoms with Crippen LogP contribution in [0.1, 0.15) is 25.3 Å². The van der Waals surface area contributed by atoms with Gasteiger partial charge in [-0.1, -0.05) is 17.7 Å². The van der Waals surface area contributed by atoms with E-state index in [1.54, 1.807) is 36.1 Å². The molecule has 0 unspecified atom stereocenters. The maximum absolute atomic E-state index is 12.9. The second-order valence-electron chi connectivity index (χ2n) is 7.01. The molecule has 2 saturated heterocycles. The van der Waals surface area contributed by atoms with Crippen LogP contribution in [0.25, 0.3) is 0 Å². The summed E-state index contributed by atoms with van der Waals surface area (Å²) in [5.74, 6) is -0.696. The highest BCUT2D eigenvalue weighted by Crippen LogP contribution is 2.26. The zero-order chi connectivity index (χ0) is 18.9. The summed E-state index contributed by atoms with van der Waals surface area (Å²) in [6, 6.07) is 6.24. The van der Waals surface area contributed by atoms with Gasteiger partial charge in [-0.25, -0.2) is 8.42 Å². The molecule has 0 bridgehead atoms. The first-order valence-electron chi connectivity index (χ1n) is 8.95. The number of piperidine rings is 1. The molecule has 8 heteroatoms. The normalized spacial score (nSPS) is 25.0. The summed E-state index contributed by atoms with van der Waals surface area (Å²) < 4.78 is 27.2. The van der Waals surface area contributed by atoms with Crippen molar-refractivity contribution in [2.75, 3.05) is 26.2 Å². The van der Waals surface area contributed by atoms with E-state index in [0.29, 0.717) is 32.5 Å². The van der Waals surface area contributed by atoms with Gasteiger partial charge in [0.2, 0.25) is 21.8 Å². The molecule has 2 amide bonds. The number of aryl methyl sites for hydroxylation is 1. The van der Waals surface area contributed by atoms with E-state index in [2.05, 4.69) is 5.32 Å². The van der Waals surface area contributed by atoms with Crippen molar-refractivity contribution in [3.8, 4) is 0 Å². The van der Waals surface area contributed by atoms with Gasteiger partial charge in [0.25, 0.3) is 0 Å². The standard InChI is InChI=1S/C18H25N3O4S/c1-13-5-7-16(8-6-13)26(24,25)20-10-3-4-15(12-20)18(23)21-11-9-19-17(22)14(21)2/h5-8,14-15H,3-4,9-12H2,1-2H3,(H,19,22)/t14-,15-/m0/s1. The minimum atomic E-state index is -3.62. The number of carbonyl (C=O) groups excluding carboxylic acids is 2. The van der Waals surface area contributed by atoms with E-state index in [1.807, 2.05) is 6.92 Å². The first-order valence-corrected chi connectivity index (χ1v) is 10.4. The SMILES string of the molecule is Cc1ccc(S(=O)(=O)N2CCC[C@H](C(=O)N3CCNC(=O)[C@@H]3C)C2)cc1. The Hall–Kier alpha value is -1.93. The van der Waals surface area contributed by atoms with Gasteiger partial charge in [0, 0.05) is 26.2 Å². The minimum Gasteiger partial charge on any atom is -0.353 e. The summed E-state index contributed by atoms with van der Waals surface area (Å²) >= 11 is 0. The summed E-state index contributed by atoms with van der Waals surface area (Å²) in [6.45, 7) is 5.09. The smallest absolute Gasteiger partial charge is 0.243 e. The molecule has 2 aliphatic heterocycles. The van der Waals surface area contributed by atoms with E-state index in [4.69, 9.17) is 0 Å². The second kappa shape index (κ2) is 7.36. The Balaban J connectivity index is 1.75. The fourth-order valence-corrected chi connectivity index (χ4v) is 5.06. The van der Waals surface area contributed by atoms with Crippen LogP contribution in [0.15, 0.2) is 29.2 Å². The molecule has 0 aliphatic carbocycles. The number of benzene rings is 1. The van der Waals surface area contributed by atoms with Crippen molar-refractivity contribution in [3.05, 3.63) is 29.8 Å². The van der Waals surface area contributed by atoms with Crippen LogP contribution >= 0.6 is 0 Å². The monoisotopic (exact) mass is 379 g/mol. The molecule has 2 heterocycles. The van der Waals surface area contributed by atoms with Crippen LogP contribution in [0, 0.1) is 12.8 Å². The van der Waals surface area contributed by atoms with Gasteiger partial charge in [-0.3, -0.25) is 9.59 Å². The van der Waals surface area contributed by atoms with Gasteiger partial charge in [0.05, 0.1) is 10.8 Å². The number of carbonyl (C=O) groups is 2. The van der Waals surface area contributed by atoms with E-state index in [-0.39, 0.29) is 23.3 Å². The van der Waals surface area contributed by atoms with Crippen molar-refractivity contribution in [3.63, 3.8) is 0 Å². The number of rotatable bonds is 3. The van der Waals surface area contributed by atoms with Crippen LogP contribution in [0.4, 0.5) is 0 Å². The molecule has 2 fully saturated rings. The molecule has 142 valence electrons. The van der Waals surface area contributed by atoms with Crippen molar-refractivity contribution in [2.24, 2.45) is 5.92 Å². The number of piperazine rings is 1. The van der Waals surface area contributed by atoms with Crippen LogP contribution in [0.5, 0.6) is 0 Å². The van der Waals surface area contributed by atoms with E-state index in [1.165, 1.54) is 4.31 Å². The van der Waals surface area contributed by atoms with Crippen LogP contribution in [-0.4, -0.2) is 61.7 Å². The predicted molar refractivity (Wildman–Crippen MR) is 96.8 cm³/mol. The molecule has 2 atom stereocenters. The maximum atomic E-state index is 12.9. The van der Waals surface area contributed by atoms with Gasteiger partial charge < -0.3 is 10.2 Å². The van der Waals surface area contributed by atoms with Gasteiger partial charge in [0.1, 0.15) is 6.04 Å². The maximum Gasteiger partial charge on any atom is 0.243 e. The largest absolute Gasteiger partial charge is 0.353 e. The van der Waals surface area contributed by atoms with Gasteiger partial charge in [-0.2, -0.15) is 4.31 Å². The number of nitrogens with zero attached hydrogens (tertiary/aromatic N) is 2. The van der Waals surface area contributed by atoms with Crippen molar-refractivity contribution < 1.29 is 18.0 Å². The molecule has 2 aliphatic rings. The third kappa shape index (κ3) is 3.61. The fourth-order valence-electron chi connectivity index (χ4n) is 3.54. The highest BCUT2D eigenvalue weighted by atomic mass is 32.2. The fraction of sp³-hybridized carbons (Fsp3) is 0.556. The Labute approximate surface area is 154 Å². The number of sulfonamides is 1. The van der Waals surface area contributed by atoms with Gasteiger partial charge in [-0.15, -0.1) is 0 Å². The summed E-state index contributed by atoms with van der Waals surface area (Å²) in [4.78, 5) is 26.5. The lowest BCUT2D eigenvalue weighted by Crippen LogP contribution is -2.58. The number of amides is 2. The summed E-state index contributed by atoms with van der Waals surface area (Å²) in [5, 5.41) is 2.74. The molecular formula is C18H25N3O4S. The molecule has 0 radical (unpaired) electrons.